The summed E-state index contributed by atoms with van der Waals surface area (Å²) in [6.07, 6.45) is 3.59. The third-order valence-electron chi connectivity index (χ3n) is 4.29. The molecule has 108 valence electrons. The van der Waals surface area contributed by atoms with Gasteiger partial charge in [0.25, 0.3) is 0 Å². The molecule has 0 unspecified atom stereocenters. The minimum Gasteiger partial charge on any atom is -0.354 e. The summed E-state index contributed by atoms with van der Waals surface area (Å²) in [7, 11) is 0. The average molecular weight is 296 g/mol. The maximum Gasteiger partial charge on any atom is 0.193 e. The lowest BCUT2D eigenvalue weighted by atomic mass is 9.94. The van der Waals surface area contributed by atoms with Gasteiger partial charge in [-0.05, 0) is 28.0 Å². The summed E-state index contributed by atoms with van der Waals surface area (Å²) in [5.41, 5.74) is 3.86. The van der Waals surface area contributed by atoms with Crippen LogP contribution in [0.15, 0.2) is 77.6 Å². The third-order valence-corrected chi connectivity index (χ3v) is 4.29. The number of aromatic nitrogens is 2. The third kappa shape index (κ3) is 1.77. The van der Waals surface area contributed by atoms with Gasteiger partial charge in [0, 0.05) is 17.0 Å². The first kappa shape index (κ1) is 12.4. The molecule has 5 rings (SSSR count). The number of nitrogens with zero attached hydrogens (tertiary/aromatic N) is 2. The second-order valence-corrected chi connectivity index (χ2v) is 5.60. The van der Waals surface area contributed by atoms with Crippen LogP contribution in [0.3, 0.4) is 0 Å². The molecule has 0 saturated carbocycles. The van der Waals surface area contributed by atoms with Gasteiger partial charge in [0.15, 0.2) is 5.58 Å². The van der Waals surface area contributed by atoms with Crippen molar-refractivity contribution in [2.24, 2.45) is 0 Å². The molecule has 0 aliphatic heterocycles. The van der Waals surface area contributed by atoms with Crippen molar-refractivity contribution < 1.29 is 4.52 Å². The van der Waals surface area contributed by atoms with Gasteiger partial charge in [-0.3, -0.25) is 4.98 Å². The Balaban J connectivity index is 2.06. The predicted octanol–water partition coefficient (Wildman–Crippen LogP) is 5.20. The lowest BCUT2D eigenvalue weighted by Crippen LogP contribution is -1.86. The van der Waals surface area contributed by atoms with E-state index in [-0.39, 0.29) is 0 Å². The Morgan fingerprint density at radius 2 is 1.61 bits per heavy atom. The SMILES string of the molecule is c1ccc(-c2cc3ccccc3c3c2cnc2cnoc23)cc1. The van der Waals surface area contributed by atoms with Gasteiger partial charge in [0.2, 0.25) is 0 Å². The Bertz CT molecular complexity index is 1160. The van der Waals surface area contributed by atoms with E-state index >= 15 is 0 Å². The fourth-order valence-electron chi connectivity index (χ4n) is 3.23. The molecule has 0 saturated heterocycles. The first-order valence-electron chi connectivity index (χ1n) is 7.52. The molecule has 0 spiro atoms. The average Bonchev–Trinajstić information content (AvgIpc) is 3.10. The second kappa shape index (κ2) is 4.65. The summed E-state index contributed by atoms with van der Waals surface area (Å²) < 4.78 is 5.52. The minimum absolute atomic E-state index is 0.747. The summed E-state index contributed by atoms with van der Waals surface area (Å²) in [4.78, 5) is 4.51. The Hall–Kier alpha value is -3.20. The fourth-order valence-corrected chi connectivity index (χ4v) is 3.23. The monoisotopic (exact) mass is 296 g/mol. The zero-order valence-corrected chi connectivity index (χ0v) is 12.2. The predicted molar refractivity (Wildman–Crippen MR) is 92.3 cm³/mol. The first-order valence-corrected chi connectivity index (χ1v) is 7.52. The van der Waals surface area contributed by atoms with E-state index in [4.69, 9.17) is 4.52 Å². The smallest absolute Gasteiger partial charge is 0.193 e. The van der Waals surface area contributed by atoms with E-state index in [2.05, 4.69) is 58.7 Å². The van der Waals surface area contributed by atoms with Crippen LogP contribution in [-0.4, -0.2) is 10.1 Å². The van der Waals surface area contributed by atoms with E-state index in [9.17, 15) is 0 Å². The van der Waals surface area contributed by atoms with Crippen LogP contribution < -0.4 is 0 Å². The van der Waals surface area contributed by atoms with Gasteiger partial charge in [0.1, 0.15) is 5.52 Å². The highest BCUT2D eigenvalue weighted by Gasteiger charge is 2.14. The zero-order valence-electron chi connectivity index (χ0n) is 12.2. The molecule has 2 heterocycles. The van der Waals surface area contributed by atoms with Gasteiger partial charge in [-0.15, -0.1) is 0 Å². The molecule has 0 atom stereocenters. The highest BCUT2D eigenvalue weighted by molar-refractivity contribution is 6.21. The minimum atomic E-state index is 0.747. The molecule has 0 bridgehead atoms. The van der Waals surface area contributed by atoms with Crippen molar-refractivity contribution in [2.75, 3.05) is 0 Å². The van der Waals surface area contributed by atoms with Gasteiger partial charge in [0.05, 0.1) is 6.20 Å². The Labute approximate surface area is 132 Å². The first-order chi connectivity index (χ1) is 11.4. The highest BCUT2D eigenvalue weighted by atomic mass is 16.5. The summed E-state index contributed by atoms with van der Waals surface area (Å²) in [5.74, 6) is 0. The molecule has 0 aliphatic carbocycles. The molecule has 0 N–H and O–H groups in total. The number of hydrogen-bond donors (Lipinski definition) is 0. The van der Waals surface area contributed by atoms with E-state index < -0.39 is 0 Å². The number of fused-ring (bicyclic) bond motifs is 5. The maximum atomic E-state index is 5.52. The number of rotatable bonds is 1. The molecule has 3 aromatic carbocycles. The molecular weight excluding hydrogens is 284 g/mol. The van der Waals surface area contributed by atoms with Crippen molar-refractivity contribution >= 4 is 32.6 Å². The van der Waals surface area contributed by atoms with Crippen molar-refractivity contribution in [2.45, 2.75) is 0 Å². The maximum absolute atomic E-state index is 5.52. The van der Waals surface area contributed by atoms with Crippen LogP contribution in [-0.2, 0) is 0 Å². The molecule has 3 heteroatoms. The molecule has 5 aromatic rings. The Kier molecular flexibility index (Phi) is 2.50. The summed E-state index contributed by atoms with van der Waals surface area (Å²) in [6.45, 7) is 0. The number of hydrogen-bond acceptors (Lipinski definition) is 3. The van der Waals surface area contributed by atoms with Crippen LogP contribution in [0.4, 0.5) is 0 Å². The van der Waals surface area contributed by atoms with E-state index in [0.717, 1.165) is 32.8 Å². The van der Waals surface area contributed by atoms with Crippen molar-refractivity contribution in [3.63, 3.8) is 0 Å². The lowest BCUT2D eigenvalue weighted by molar-refractivity contribution is 0.458. The molecular formula is C20H12N2O. The van der Waals surface area contributed by atoms with E-state index in [0.29, 0.717) is 0 Å². The van der Waals surface area contributed by atoms with Gasteiger partial charge in [-0.2, -0.15) is 0 Å². The Morgan fingerprint density at radius 1 is 0.783 bits per heavy atom. The number of benzene rings is 3. The summed E-state index contributed by atoms with van der Waals surface area (Å²) >= 11 is 0. The van der Waals surface area contributed by atoms with Gasteiger partial charge < -0.3 is 4.52 Å². The van der Waals surface area contributed by atoms with E-state index in [1.807, 2.05) is 18.3 Å². The molecule has 0 amide bonds. The normalized spacial score (nSPS) is 11.5. The van der Waals surface area contributed by atoms with E-state index in [1.165, 1.54) is 10.9 Å². The second-order valence-electron chi connectivity index (χ2n) is 5.60. The van der Waals surface area contributed by atoms with Crippen LogP contribution in [0.25, 0.3) is 43.8 Å². The van der Waals surface area contributed by atoms with Crippen molar-refractivity contribution in [3.8, 4) is 11.1 Å². The van der Waals surface area contributed by atoms with E-state index in [1.54, 1.807) is 6.20 Å². The molecule has 0 radical (unpaired) electrons. The van der Waals surface area contributed by atoms with Crippen molar-refractivity contribution in [1.29, 1.82) is 0 Å². The van der Waals surface area contributed by atoms with Crippen molar-refractivity contribution in [3.05, 3.63) is 73.1 Å². The Morgan fingerprint density at radius 3 is 2.52 bits per heavy atom. The summed E-state index contributed by atoms with van der Waals surface area (Å²) in [6, 6.07) is 20.9. The van der Waals surface area contributed by atoms with Gasteiger partial charge >= 0.3 is 0 Å². The van der Waals surface area contributed by atoms with Crippen LogP contribution in [0.5, 0.6) is 0 Å². The quantitative estimate of drug-likeness (QED) is 0.399. The molecule has 23 heavy (non-hydrogen) atoms. The van der Waals surface area contributed by atoms with Gasteiger partial charge in [-0.1, -0.05) is 59.8 Å². The molecule has 3 nitrogen and oxygen atoms in total. The van der Waals surface area contributed by atoms with Crippen LogP contribution in [0, 0.1) is 0 Å². The number of pyridine rings is 1. The van der Waals surface area contributed by atoms with Gasteiger partial charge in [-0.25, -0.2) is 0 Å². The standard InChI is InChI=1S/C20H12N2O/c1-2-6-13(7-3-1)16-10-14-8-4-5-9-15(14)19-17(16)11-21-18-12-22-23-20(18)19/h1-12H. The zero-order chi connectivity index (χ0) is 15.2. The van der Waals surface area contributed by atoms with Crippen LogP contribution in [0.2, 0.25) is 0 Å². The van der Waals surface area contributed by atoms with Crippen LogP contribution >= 0.6 is 0 Å². The topological polar surface area (TPSA) is 38.9 Å². The van der Waals surface area contributed by atoms with Crippen molar-refractivity contribution in [1.82, 2.24) is 10.1 Å². The molecule has 0 aliphatic rings. The largest absolute Gasteiger partial charge is 0.354 e. The van der Waals surface area contributed by atoms with Crippen LogP contribution in [0.1, 0.15) is 0 Å². The lowest BCUT2D eigenvalue weighted by Gasteiger charge is -2.10. The fraction of sp³-hybridized carbons (Fsp3) is 0. The molecule has 0 fully saturated rings. The molecule has 2 aromatic heterocycles. The highest BCUT2D eigenvalue weighted by Crippen LogP contribution is 2.37. The summed E-state index contributed by atoms with van der Waals surface area (Å²) in [5, 5.41) is 8.42.